The van der Waals surface area contributed by atoms with Crippen LogP contribution in [0.2, 0.25) is 0 Å². The van der Waals surface area contributed by atoms with Crippen molar-refractivity contribution in [2.45, 2.75) is 32.1 Å². The topological polar surface area (TPSA) is 91.3 Å². The Morgan fingerprint density at radius 2 is 2.12 bits per heavy atom. The summed E-state index contributed by atoms with van der Waals surface area (Å²) in [6.45, 7) is 4.38. The fourth-order valence-electron chi connectivity index (χ4n) is 3.99. The number of aromatic hydroxyl groups is 1. The average molecular weight is 354 g/mol. The van der Waals surface area contributed by atoms with E-state index < -0.39 is 0 Å². The van der Waals surface area contributed by atoms with E-state index in [0.29, 0.717) is 28.9 Å². The zero-order valence-corrected chi connectivity index (χ0v) is 15.7. The maximum atomic E-state index is 9.98. The number of hydrogen-bond acceptors (Lipinski definition) is 4. The first kappa shape index (κ1) is 18.4. The Bertz CT molecular complexity index is 780. The van der Waals surface area contributed by atoms with Crippen molar-refractivity contribution in [1.29, 1.82) is 0 Å². The fraction of sp³-hybridized carbons (Fsp3) is 0.429. The van der Waals surface area contributed by atoms with Gasteiger partial charge < -0.3 is 26.5 Å². The lowest BCUT2D eigenvalue weighted by atomic mass is 9.92. The van der Waals surface area contributed by atoms with Crippen LogP contribution in [0.4, 0.5) is 5.82 Å². The Balaban J connectivity index is 1.83. The van der Waals surface area contributed by atoms with Gasteiger partial charge in [0.05, 0.1) is 0 Å². The molecule has 0 aliphatic heterocycles. The number of benzene rings is 1. The predicted molar refractivity (Wildman–Crippen MR) is 109 cm³/mol. The van der Waals surface area contributed by atoms with Crippen LogP contribution in [0.5, 0.6) is 5.75 Å². The Morgan fingerprint density at radius 3 is 2.85 bits per heavy atom. The van der Waals surface area contributed by atoms with Crippen LogP contribution in [0.15, 0.2) is 30.3 Å². The molecule has 1 aromatic heterocycles. The molecule has 2 unspecified atom stereocenters. The van der Waals surface area contributed by atoms with Crippen LogP contribution >= 0.6 is 0 Å². The zero-order chi connectivity index (χ0) is 18.7. The highest BCUT2D eigenvalue weighted by molar-refractivity contribution is 5.84. The molecule has 3 rings (SSSR count). The second kappa shape index (κ2) is 7.87. The normalized spacial score (nSPS) is 20.8. The van der Waals surface area contributed by atoms with E-state index in [-0.39, 0.29) is 5.75 Å². The van der Waals surface area contributed by atoms with Gasteiger partial charge in [0.2, 0.25) is 0 Å². The molecule has 1 fully saturated rings. The first-order valence-electron chi connectivity index (χ1n) is 9.42. The number of hydrogen-bond donors (Lipinski definition) is 4. The summed E-state index contributed by atoms with van der Waals surface area (Å²) >= 11 is 0. The molecule has 5 nitrogen and oxygen atoms in total. The summed E-state index contributed by atoms with van der Waals surface area (Å²) in [5.41, 5.74) is 15.6. The van der Waals surface area contributed by atoms with E-state index in [1.165, 1.54) is 25.0 Å². The third-order valence-electron chi connectivity index (χ3n) is 5.57. The number of phenols is 1. The molecular formula is C21H30N4O. The van der Waals surface area contributed by atoms with Crippen LogP contribution in [0.3, 0.4) is 0 Å². The van der Waals surface area contributed by atoms with E-state index >= 15 is 0 Å². The maximum absolute atomic E-state index is 9.98. The van der Waals surface area contributed by atoms with E-state index in [4.69, 9.17) is 11.5 Å². The van der Waals surface area contributed by atoms with Gasteiger partial charge in [-0.25, -0.2) is 0 Å². The Labute approximate surface area is 155 Å². The van der Waals surface area contributed by atoms with E-state index in [9.17, 15) is 5.11 Å². The molecule has 0 radical (unpaired) electrons. The van der Waals surface area contributed by atoms with E-state index in [0.717, 1.165) is 18.7 Å². The molecule has 1 aliphatic rings. The first-order valence-corrected chi connectivity index (χ1v) is 9.42. The number of nitrogens with two attached hydrogens (primary N) is 2. The molecule has 0 bridgehead atoms. The Morgan fingerprint density at radius 1 is 1.35 bits per heavy atom. The van der Waals surface area contributed by atoms with Crippen molar-refractivity contribution in [2.24, 2.45) is 11.7 Å². The lowest BCUT2D eigenvalue weighted by Gasteiger charge is -2.24. The third kappa shape index (κ3) is 3.88. The maximum Gasteiger partial charge on any atom is 0.124 e. The molecule has 1 saturated carbocycles. The highest BCUT2D eigenvalue weighted by Crippen LogP contribution is 2.40. The number of nitrogens with one attached hydrogen (secondary N) is 1. The molecule has 0 amide bonds. The summed E-state index contributed by atoms with van der Waals surface area (Å²) in [4.78, 5) is 5.76. The minimum absolute atomic E-state index is 0.175. The molecular weight excluding hydrogens is 324 g/mol. The zero-order valence-electron chi connectivity index (χ0n) is 15.7. The molecule has 1 heterocycles. The summed E-state index contributed by atoms with van der Waals surface area (Å²) in [6, 6.07) is 9.20. The number of nitrogen functional groups attached to an aromatic ring is 1. The number of H-pyrrole nitrogens is 1. The van der Waals surface area contributed by atoms with Gasteiger partial charge in [-0.15, -0.1) is 0 Å². The Hall–Kier alpha value is -2.40. The van der Waals surface area contributed by atoms with Crippen molar-refractivity contribution in [3.63, 3.8) is 0 Å². The average Bonchev–Trinajstić information content (AvgIpc) is 3.22. The minimum Gasteiger partial charge on any atom is -0.507 e. The molecule has 5 heteroatoms. The molecule has 2 aromatic rings. The summed E-state index contributed by atoms with van der Waals surface area (Å²) in [5.74, 6) is 1.98. The van der Waals surface area contributed by atoms with Gasteiger partial charge in [0, 0.05) is 35.0 Å². The minimum atomic E-state index is 0.175. The van der Waals surface area contributed by atoms with Gasteiger partial charge in [0.15, 0.2) is 0 Å². The van der Waals surface area contributed by atoms with Gasteiger partial charge in [-0.3, -0.25) is 0 Å². The van der Waals surface area contributed by atoms with E-state index in [2.05, 4.69) is 29.9 Å². The van der Waals surface area contributed by atoms with Crippen molar-refractivity contribution < 1.29 is 5.11 Å². The van der Waals surface area contributed by atoms with Gasteiger partial charge in [-0.1, -0.05) is 25.5 Å². The van der Waals surface area contributed by atoms with Gasteiger partial charge in [0.25, 0.3) is 0 Å². The van der Waals surface area contributed by atoms with Crippen molar-refractivity contribution in [2.75, 3.05) is 25.9 Å². The van der Waals surface area contributed by atoms with Crippen LogP contribution < -0.4 is 11.5 Å². The third-order valence-corrected chi connectivity index (χ3v) is 5.57. The quantitative estimate of drug-likeness (QED) is 0.638. The SMILES string of the molecule is CCN(C)CC1CCCC1c1cc(/C=C(\N)c2ccccc2O)c(N)[nH]1. The smallest absolute Gasteiger partial charge is 0.124 e. The van der Waals surface area contributed by atoms with Crippen molar-refractivity contribution >= 4 is 17.6 Å². The van der Waals surface area contributed by atoms with Crippen LogP contribution in [-0.4, -0.2) is 35.1 Å². The van der Waals surface area contributed by atoms with E-state index in [1.807, 2.05) is 12.1 Å². The van der Waals surface area contributed by atoms with Gasteiger partial charge >= 0.3 is 0 Å². The number of nitrogens with zero attached hydrogens (tertiary/aromatic N) is 1. The fourth-order valence-corrected chi connectivity index (χ4v) is 3.99. The van der Waals surface area contributed by atoms with Crippen LogP contribution in [0, 0.1) is 5.92 Å². The molecule has 1 aromatic carbocycles. The van der Waals surface area contributed by atoms with Gasteiger partial charge in [0.1, 0.15) is 11.6 Å². The monoisotopic (exact) mass is 354 g/mol. The summed E-state index contributed by atoms with van der Waals surface area (Å²) in [6.07, 6.45) is 5.56. The molecule has 26 heavy (non-hydrogen) atoms. The number of rotatable bonds is 6. The molecule has 2 atom stereocenters. The number of aromatic amines is 1. The van der Waals surface area contributed by atoms with Crippen LogP contribution in [0.1, 0.15) is 48.9 Å². The summed E-state index contributed by atoms with van der Waals surface area (Å²) in [5, 5.41) is 9.98. The van der Waals surface area contributed by atoms with Crippen molar-refractivity contribution in [3.05, 3.63) is 47.2 Å². The standard InChI is InChI=1S/C21H30N4O/c1-3-25(2)13-14-7-6-9-16(14)19-12-15(21(23)24-19)11-18(22)17-8-4-5-10-20(17)26/h4-5,8,10-12,14,16,24,26H,3,6-7,9,13,22-23H2,1-2H3/b18-11-. The molecule has 6 N–H and O–H groups in total. The Kier molecular flexibility index (Phi) is 5.57. The lowest BCUT2D eigenvalue weighted by molar-refractivity contribution is 0.275. The number of anilines is 1. The summed E-state index contributed by atoms with van der Waals surface area (Å²) in [7, 11) is 2.18. The van der Waals surface area contributed by atoms with Crippen molar-refractivity contribution in [3.8, 4) is 5.75 Å². The van der Waals surface area contributed by atoms with Crippen molar-refractivity contribution in [1.82, 2.24) is 9.88 Å². The van der Waals surface area contributed by atoms with E-state index in [1.54, 1.807) is 18.2 Å². The molecule has 0 spiro atoms. The number of aromatic nitrogens is 1. The largest absolute Gasteiger partial charge is 0.507 e. The first-order chi connectivity index (χ1) is 12.5. The van der Waals surface area contributed by atoms with Gasteiger partial charge in [-0.05, 0) is 56.6 Å². The number of phenolic OH excluding ortho intramolecular Hbond substituents is 1. The van der Waals surface area contributed by atoms with Crippen LogP contribution in [-0.2, 0) is 0 Å². The molecule has 140 valence electrons. The second-order valence-electron chi connectivity index (χ2n) is 7.36. The predicted octanol–water partition coefficient (Wildman–Crippen LogP) is 3.59. The lowest BCUT2D eigenvalue weighted by Crippen LogP contribution is -2.26. The number of para-hydroxylation sites is 1. The highest BCUT2D eigenvalue weighted by atomic mass is 16.3. The summed E-state index contributed by atoms with van der Waals surface area (Å²) < 4.78 is 0. The second-order valence-corrected chi connectivity index (χ2v) is 7.36. The van der Waals surface area contributed by atoms with Crippen LogP contribution in [0.25, 0.3) is 11.8 Å². The highest BCUT2D eigenvalue weighted by Gasteiger charge is 2.30. The van der Waals surface area contributed by atoms with Gasteiger partial charge in [-0.2, -0.15) is 0 Å². The molecule has 0 saturated heterocycles. The molecule has 1 aliphatic carbocycles.